The van der Waals surface area contributed by atoms with Crippen LogP contribution in [0.2, 0.25) is 10.0 Å². The quantitative estimate of drug-likeness (QED) is 0.838. The number of ether oxygens (including phenoxy) is 1. The van der Waals surface area contributed by atoms with Gasteiger partial charge in [-0.25, -0.2) is 4.39 Å². The molecule has 0 saturated carbocycles. The highest BCUT2D eigenvalue weighted by molar-refractivity contribution is 6.35. The van der Waals surface area contributed by atoms with Gasteiger partial charge in [0.1, 0.15) is 11.6 Å². The maximum Gasteiger partial charge on any atom is 0.261 e. The standard InChI is InChI=1S/C17H16Cl2FNO2/c1-10(13-5-3-4-6-15(13)20)21-17(22)11(2)23-16-8-7-12(18)9-14(16)19/h3-11H,1-2H3,(H,21,22)/t10-,11+/m1/s1. The molecule has 1 N–H and O–H groups in total. The molecule has 2 aromatic carbocycles. The van der Waals surface area contributed by atoms with E-state index in [9.17, 15) is 9.18 Å². The van der Waals surface area contributed by atoms with E-state index in [1.54, 1.807) is 44.2 Å². The first-order chi connectivity index (χ1) is 10.9. The summed E-state index contributed by atoms with van der Waals surface area (Å²) in [6, 6.07) is 10.6. The summed E-state index contributed by atoms with van der Waals surface area (Å²) in [6.45, 7) is 3.30. The monoisotopic (exact) mass is 355 g/mol. The van der Waals surface area contributed by atoms with Crippen molar-refractivity contribution in [1.29, 1.82) is 0 Å². The molecule has 0 spiro atoms. The van der Waals surface area contributed by atoms with Crippen LogP contribution < -0.4 is 10.1 Å². The Morgan fingerprint density at radius 3 is 2.52 bits per heavy atom. The van der Waals surface area contributed by atoms with Gasteiger partial charge in [0.05, 0.1) is 11.1 Å². The van der Waals surface area contributed by atoms with Crippen molar-refractivity contribution < 1.29 is 13.9 Å². The normalized spacial score (nSPS) is 13.3. The van der Waals surface area contributed by atoms with Gasteiger partial charge in [0.2, 0.25) is 0 Å². The Kier molecular flexibility index (Phi) is 5.85. The third-order valence-electron chi connectivity index (χ3n) is 3.30. The van der Waals surface area contributed by atoms with Crippen LogP contribution in [0.15, 0.2) is 42.5 Å². The summed E-state index contributed by atoms with van der Waals surface area (Å²) in [7, 11) is 0. The largest absolute Gasteiger partial charge is 0.479 e. The van der Waals surface area contributed by atoms with Gasteiger partial charge in [-0.1, -0.05) is 41.4 Å². The Hall–Kier alpha value is -1.78. The average molecular weight is 356 g/mol. The van der Waals surface area contributed by atoms with Crippen LogP contribution in [0.4, 0.5) is 4.39 Å². The van der Waals surface area contributed by atoms with E-state index >= 15 is 0 Å². The van der Waals surface area contributed by atoms with Crippen molar-refractivity contribution >= 4 is 29.1 Å². The Morgan fingerprint density at radius 1 is 1.17 bits per heavy atom. The number of carbonyl (C=O) groups excluding carboxylic acids is 1. The first-order valence-corrected chi connectivity index (χ1v) is 7.80. The maximum atomic E-state index is 13.7. The topological polar surface area (TPSA) is 38.3 Å². The molecule has 2 atom stereocenters. The first kappa shape index (κ1) is 17.6. The molecule has 0 aliphatic rings. The number of hydrogen-bond donors (Lipinski definition) is 1. The highest BCUT2D eigenvalue weighted by Gasteiger charge is 2.20. The van der Waals surface area contributed by atoms with Gasteiger partial charge >= 0.3 is 0 Å². The second-order valence-corrected chi connectivity index (χ2v) is 5.93. The SMILES string of the molecule is C[C@H](Oc1ccc(Cl)cc1Cl)C(=O)N[C@H](C)c1ccccc1F. The fourth-order valence-corrected chi connectivity index (χ4v) is 2.50. The van der Waals surface area contributed by atoms with Crippen LogP contribution in [0.25, 0.3) is 0 Å². The molecular weight excluding hydrogens is 340 g/mol. The Morgan fingerprint density at radius 2 is 1.87 bits per heavy atom. The summed E-state index contributed by atoms with van der Waals surface area (Å²) in [4.78, 5) is 12.2. The third-order valence-corrected chi connectivity index (χ3v) is 3.83. The maximum absolute atomic E-state index is 13.7. The fourth-order valence-electron chi connectivity index (χ4n) is 2.05. The molecule has 0 unspecified atom stereocenters. The van der Waals surface area contributed by atoms with Gasteiger partial charge < -0.3 is 10.1 Å². The minimum Gasteiger partial charge on any atom is -0.479 e. The molecular formula is C17H16Cl2FNO2. The van der Waals surface area contributed by atoms with Gasteiger partial charge in [-0.15, -0.1) is 0 Å². The predicted molar refractivity (Wildman–Crippen MR) is 89.5 cm³/mol. The lowest BCUT2D eigenvalue weighted by atomic mass is 10.1. The summed E-state index contributed by atoms with van der Waals surface area (Å²) in [5.41, 5.74) is 0.414. The summed E-state index contributed by atoms with van der Waals surface area (Å²) in [6.07, 6.45) is -0.789. The molecule has 0 aliphatic carbocycles. The van der Waals surface area contributed by atoms with E-state index < -0.39 is 12.1 Å². The second-order valence-electron chi connectivity index (χ2n) is 5.09. The number of hydrogen-bond acceptors (Lipinski definition) is 2. The van der Waals surface area contributed by atoms with E-state index in [1.165, 1.54) is 12.1 Å². The summed E-state index contributed by atoms with van der Waals surface area (Å²) in [5, 5.41) is 3.51. The lowest BCUT2D eigenvalue weighted by molar-refractivity contribution is -0.127. The third kappa shape index (κ3) is 4.60. The minimum atomic E-state index is -0.789. The molecule has 122 valence electrons. The fraction of sp³-hybridized carbons (Fsp3) is 0.235. The highest BCUT2D eigenvalue weighted by Crippen LogP contribution is 2.28. The number of amides is 1. The zero-order valence-electron chi connectivity index (χ0n) is 12.6. The zero-order chi connectivity index (χ0) is 17.0. The first-order valence-electron chi connectivity index (χ1n) is 7.05. The van der Waals surface area contributed by atoms with Crippen molar-refractivity contribution in [3.8, 4) is 5.75 Å². The van der Waals surface area contributed by atoms with Crippen LogP contribution >= 0.6 is 23.2 Å². The van der Waals surface area contributed by atoms with E-state index in [4.69, 9.17) is 27.9 Å². The average Bonchev–Trinajstić information content (AvgIpc) is 2.50. The minimum absolute atomic E-state index is 0.319. The van der Waals surface area contributed by atoms with Crippen LogP contribution in [-0.2, 0) is 4.79 Å². The van der Waals surface area contributed by atoms with E-state index in [2.05, 4.69) is 5.32 Å². The molecule has 3 nitrogen and oxygen atoms in total. The van der Waals surface area contributed by atoms with E-state index in [0.29, 0.717) is 21.4 Å². The smallest absolute Gasteiger partial charge is 0.261 e. The molecule has 2 rings (SSSR count). The van der Waals surface area contributed by atoms with E-state index in [-0.39, 0.29) is 11.7 Å². The predicted octanol–water partition coefficient (Wildman–Crippen LogP) is 4.78. The highest BCUT2D eigenvalue weighted by atomic mass is 35.5. The van der Waals surface area contributed by atoms with Crippen LogP contribution in [-0.4, -0.2) is 12.0 Å². The molecule has 0 aromatic heterocycles. The molecule has 1 amide bonds. The molecule has 0 saturated heterocycles. The van der Waals surface area contributed by atoms with Gasteiger partial charge in [0.15, 0.2) is 6.10 Å². The van der Waals surface area contributed by atoms with Gasteiger partial charge in [0.25, 0.3) is 5.91 Å². The summed E-state index contributed by atoms with van der Waals surface area (Å²) in [5.74, 6) is -0.376. The van der Waals surface area contributed by atoms with Crippen molar-refractivity contribution in [3.05, 3.63) is 63.9 Å². The Balaban J connectivity index is 2.01. The lowest BCUT2D eigenvalue weighted by Crippen LogP contribution is -2.38. The number of halogens is 3. The van der Waals surface area contributed by atoms with Crippen molar-refractivity contribution in [2.24, 2.45) is 0 Å². The van der Waals surface area contributed by atoms with E-state index in [0.717, 1.165) is 0 Å². The van der Waals surface area contributed by atoms with Gasteiger partial charge in [-0.3, -0.25) is 4.79 Å². The number of carbonyl (C=O) groups is 1. The second kappa shape index (κ2) is 7.66. The Labute approximate surface area is 144 Å². The molecule has 2 aromatic rings. The summed E-state index contributed by atoms with van der Waals surface area (Å²) < 4.78 is 19.2. The molecule has 23 heavy (non-hydrogen) atoms. The lowest BCUT2D eigenvalue weighted by Gasteiger charge is -2.19. The van der Waals surface area contributed by atoms with Crippen molar-refractivity contribution in [1.82, 2.24) is 5.32 Å². The Bertz CT molecular complexity index is 709. The number of benzene rings is 2. The molecule has 0 heterocycles. The summed E-state index contributed by atoms with van der Waals surface area (Å²) >= 11 is 11.8. The molecule has 0 aliphatic heterocycles. The van der Waals surface area contributed by atoms with Crippen molar-refractivity contribution in [3.63, 3.8) is 0 Å². The van der Waals surface area contributed by atoms with E-state index in [1.807, 2.05) is 0 Å². The molecule has 6 heteroatoms. The zero-order valence-corrected chi connectivity index (χ0v) is 14.2. The molecule has 0 bridgehead atoms. The van der Waals surface area contributed by atoms with Gasteiger partial charge in [-0.2, -0.15) is 0 Å². The van der Waals surface area contributed by atoms with Crippen molar-refractivity contribution in [2.45, 2.75) is 26.0 Å². The van der Waals surface area contributed by atoms with Crippen LogP contribution in [0.3, 0.4) is 0 Å². The number of nitrogens with one attached hydrogen (secondary N) is 1. The van der Waals surface area contributed by atoms with Crippen molar-refractivity contribution in [2.75, 3.05) is 0 Å². The van der Waals surface area contributed by atoms with Gasteiger partial charge in [0, 0.05) is 10.6 Å². The van der Waals surface area contributed by atoms with Crippen LogP contribution in [0.5, 0.6) is 5.75 Å². The van der Waals surface area contributed by atoms with Crippen LogP contribution in [0.1, 0.15) is 25.5 Å². The molecule has 0 radical (unpaired) electrons. The molecule has 0 fully saturated rings. The van der Waals surface area contributed by atoms with Gasteiger partial charge in [-0.05, 0) is 38.1 Å². The number of rotatable bonds is 5. The van der Waals surface area contributed by atoms with Crippen LogP contribution in [0, 0.1) is 5.82 Å².